The molecule has 1 heterocycles. The summed E-state index contributed by atoms with van der Waals surface area (Å²) in [5.41, 5.74) is 7.83. The predicted octanol–water partition coefficient (Wildman–Crippen LogP) is 6.75. The quantitative estimate of drug-likeness (QED) is 0.295. The Morgan fingerprint density at radius 1 is 0.778 bits per heavy atom. The van der Waals surface area contributed by atoms with Crippen molar-refractivity contribution < 1.29 is 9.59 Å². The van der Waals surface area contributed by atoms with E-state index in [0.717, 1.165) is 47.3 Å². The lowest BCUT2D eigenvalue weighted by Gasteiger charge is -2.12. The Morgan fingerprint density at radius 2 is 1.50 bits per heavy atom. The van der Waals surface area contributed by atoms with Crippen molar-refractivity contribution >= 4 is 23.3 Å². The van der Waals surface area contributed by atoms with Gasteiger partial charge in [0, 0.05) is 23.9 Å². The summed E-state index contributed by atoms with van der Waals surface area (Å²) < 4.78 is 0. The average Bonchev–Trinajstić information content (AvgIpc) is 2.85. The van der Waals surface area contributed by atoms with Crippen LogP contribution in [0.5, 0.6) is 0 Å². The van der Waals surface area contributed by atoms with Crippen LogP contribution in [-0.2, 0) is 17.6 Å². The summed E-state index contributed by atoms with van der Waals surface area (Å²) in [5, 5.41) is 5.77. The Kier molecular flexibility index (Phi) is 7.91. The van der Waals surface area contributed by atoms with Gasteiger partial charge >= 0.3 is 0 Å². The Morgan fingerprint density at radius 3 is 2.22 bits per heavy atom. The molecule has 0 radical (unpaired) electrons. The lowest BCUT2D eigenvalue weighted by Crippen LogP contribution is -2.13. The molecule has 4 rings (SSSR count). The monoisotopic (exact) mass is 477 g/mol. The number of pyridine rings is 1. The molecule has 0 saturated heterocycles. The van der Waals surface area contributed by atoms with Crippen molar-refractivity contribution in [2.24, 2.45) is 0 Å². The number of carbonyl (C=O) groups excluding carboxylic acids is 2. The lowest BCUT2D eigenvalue weighted by molar-refractivity contribution is -0.114. The molecule has 4 aromatic rings. The minimum absolute atomic E-state index is 0.122. The Balaban J connectivity index is 1.37. The average molecular weight is 478 g/mol. The van der Waals surface area contributed by atoms with Gasteiger partial charge in [-0.1, -0.05) is 65.7 Å². The number of hydrogen-bond acceptors (Lipinski definition) is 3. The van der Waals surface area contributed by atoms with E-state index in [2.05, 4.69) is 52.9 Å². The van der Waals surface area contributed by atoms with Crippen molar-refractivity contribution in [2.45, 2.75) is 40.0 Å². The maximum atomic E-state index is 13.2. The fourth-order valence-corrected chi connectivity index (χ4v) is 4.12. The van der Waals surface area contributed by atoms with Crippen LogP contribution in [0.2, 0.25) is 0 Å². The predicted molar refractivity (Wildman–Crippen MR) is 146 cm³/mol. The number of nitrogens with one attached hydrogen (secondary N) is 2. The zero-order valence-corrected chi connectivity index (χ0v) is 21.0. The number of anilines is 2. The molecule has 0 aliphatic carbocycles. The fourth-order valence-electron chi connectivity index (χ4n) is 4.12. The highest BCUT2D eigenvalue weighted by Crippen LogP contribution is 2.26. The molecule has 0 atom stereocenters. The van der Waals surface area contributed by atoms with Crippen molar-refractivity contribution in [1.82, 2.24) is 4.98 Å². The molecule has 1 aromatic heterocycles. The molecule has 3 aromatic carbocycles. The first-order valence-corrected chi connectivity index (χ1v) is 12.2. The van der Waals surface area contributed by atoms with Crippen molar-refractivity contribution in [3.63, 3.8) is 0 Å². The summed E-state index contributed by atoms with van der Waals surface area (Å²) in [6.07, 6.45) is 2.66. The summed E-state index contributed by atoms with van der Waals surface area (Å²) in [4.78, 5) is 28.9. The van der Waals surface area contributed by atoms with E-state index >= 15 is 0 Å². The van der Waals surface area contributed by atoms with Crippen LogP contribution in [0.3, 0.4) is 0 Å². The van der Waals surface area contributed by atoms with Gasteiger partial charge in [-0.2, -0.15) is 0 Å². The molecule has 182 valence electrons. The third-order valence-corrected chi connectivity index (χ3v) is 6.00. The molecule has 0 bridgehead atoms. The van der Waals surface area contributed by atoms with Crippen LogP contribution in [-0.4, -0.2) is 16.8 Å². The van der Waals surface area contributed by atoms with Gasteiger partial charge in [-0.25, -0.2) is 4.98 Å². The smallest absolute Gasteiger partial charge is 0.256 e. The van der Waals surface area contributed by atoms with E-state index in [0.29, 0.717) is 11.4 Å². The summed E-state index contributed by atoms with van der Waals surface area (Å²) >= 11 is 0. The van der Waals surface area contributed by atoms with Crippen LogP contribution in [0.15, 0.2) is 84.9 Å². The van der Waals surface area contributed by atoms with Crippen LogP contribution in [0.25, 0.3) is 11.1 Å². The van der Waals surface area contributed by atoms with Crippen LogP contribution in [0.1, 0.15) is 46.1 Å². The molecule has 0 unspecified atom stereocenters. The highest BCUT2D eigenvalue weighted by Gasteiger charge is 2.13. The van der Waals surface area contributed by atoms with E-state index in [1.54, 1.807) is 6.07 Å². The molecular formula is C31H31N3O2. The standard InChI is InChI=1S/C31H31N3O2/c1-21-10-15-25(16-11-21)29-20-22(2)12-19-28(29)31(36)34-27-17-13-24(14-18-27)6-4-7-26-8-5-9-30(33-26)32-23(3)35/h5,8-20H,4,6-7H2,1-3H3,(H,34,36)(H,32,33,35). The molecule has 2 amide bonds. The molecule has 0 spiro atoms. The van der Waals surface area contributed by atoms with Crippen LogP contribution in [0.4, 0.5) is 11.5 Å². The Hall–Kier alpha value is -4.25. The molecule has 5 heteroatoms. The molecule has 36 heavy (non-hydrogen) atoms. The zero-order chi connectivity index (χ0) is 25.5. The topological polar surface area (TPSA) is 71.1 Å². The maximum Gasteiger partial charge on any atom is 0.256 e. The first-order valence-electron chi connectivity index (χ1n) is 12.2. The normalized spacial score (nSPS) is 10.6. The van der Waals surface area contributed by atoms with E-state index in [-0.39, 0.29) is 11.8 Å². The van der Waals surface area contributed by atoms with Crippen molar-refractivity contribution in [3.8, 4) is 11.1 Å². The van der Waals surface area contributed by atoms with Gasteiger partial charge in [-0.05, 0) is 80.1 Å². The molecule has 0 aliphatic heterocycles. The first-order chi connectivity index (χ1) is 17.4. The number of rotatable bonds is 8. The summed E-state index contributed by atoms with van der Waals surface area (Å²) in [5.74, 6) is 0.336. The Bertz CT molecular complexity index is 1360. The van der Waals surface area contributed by atoms with Gasteiger partial charge in [-0.3, -0.25) is 9.59 Å². The number of amides is 2. The van der Waals surface area contributed by atoms with E-state index in [1.165, 1.54) is 18.1 Å². The molecular weight excluding hydrogens is 446 g/mol. The molecule has 0 fully saturated rings. The summed E-state index contributed by atoms with van der Waals surface area (Å²) in [7, 11) is 0. The molecule has 0 saturated carbocycles. The van der Waals surface area contributed by atoms with E-state index < -0.39 is 0 Å². The van der Waals surface area contributed by atoms with Gasteiger partial charge in [0.1, 0.15) is 5.82 Å². The van der Waals surface area contributed by atoms with Gasteiger partial charge < -0.3 is 10.6 Å². The minimum atomic E-state index is -0.124. The van der Waals surface area contributed by atoms with E-state index in [9.17, 15) is 9.59 Å². The van der Waals surface area contributed by atoms with Crippen molar-refractivity contribution in [2.75, 3.05) is 10.6 Å². The second-order valence-electron chi connectivity index (χ2n) is 9.12. The number of nitrogens with zero attached hydrogens (tertiary/aromatic N) is 1. The molecule has 2 N–H and O–H groups in total. The minimum Gasteiger partial charge on any atom is -0.322 e. The van der Waals surface area contributed by atoms with Gasteiger partial charge in [0.25, 0.3) is 5.91 Å². The van der Waals surface area contributed by atoms with Crippen molar-refractivity contribution in [1.29, 1.82) is 0 Å². The third-order valence-electron chi connectivity index (χ3n) is 6.00. The summed E-state index contributed by atoms with van der Waals surface area (Å²) in [6.45, 7) is 5.57. The van der Waals surface area contributed by atoms with Gasteiger partial charge in [0.15, 0.2) is 0 Å². The highest BCUT2D eigenvalue weighted by atomic mass is 16.2. The second kappa shape index (κ2) is 11.5. The maximum absolute atomic E-state index is 13.2. The SMILES string of the molecule is CC(=O)Nc1cccc(CCCc2ccc(NC(=O)c3ccc(C)cc3-c3ccc(C)cc3)cc2)n1. The van der Waals surface area contributed by atoms with Gasteiger partial charge in [0.05, 0.1) is 0 Å². The summed E-state index contributed by atoms with van der Waals surface area (Å²) in [6, 6.07) is 27.8. The van der Waals surface area contributed by atoms with Crippen molar-refractivity contribution in [3.05, 3.63) is 113 Å². The molecule has 5 nitrogen and oxygen atoms in total. The third kappa shape index (κ3) is 6.66. The highest BCUT2D eigenvalue weighted by molar-refractivity contribution is 6.08. The first kappa shape index (κ1) is 24.9. The van der Waals surface area contributed by atoms with E-state index in [4.69, 9.17) is 0 Å². The number of benzene rings is 3. The number of hydrogen-bond donors (Lipinski definition) is 2. The fraction of sp³-hybridized carbons (Fsp3) is 0.194. The zero-order valence-electron chi connectivity index (χ0n) is 21.0. The largest absolute Gasteiger partial charge is 0.322 e. The molecule has 0 aliphatic rings. The number of aryl methyl sites for hydroxylation is 4. The number of carbonyl (C=O) groups is 2. The lowest BCUT2D eigenvalue weighted by atomic mass is 9.96. The number of aromatic nitrogens is 1. The van der Waals surface area contributed by atoms with E-state index in [1.807, 2.05) is 55.5 Å². The van der Waals surface area contributed by atoms with Gasteiger partial charge in [-0.15, -0.1) is 0 Å². The van der Waals surface area contributed by atoms with Crippen LogP contribution < -0.4 is 10.6 Å². The van der Waals surface area contributed by atoms with Gasteiger partial charge in [0.2, 0.25) is 5.91 Å². The second-order valence-corrected chi connectivity index (χ2v) is 9.12. The van der Waals surface area contributed by atoms with Crippen LogP contribution in [0, 0.1) is 13.8 Å². The Labute approximate surface area is 212 Å². The van der Waals surface area contributed by atoms with Crippen LogP contribution >= 0.6 is 0 Å².